The first-order valence-electron chi connectivity index (χ1n) is 3.05. The van der Waals surface area contributed by atoms with Crippen molar-refractivity contribution in [3.05, 3.63) is 0 Å². The number of hydrogen-bond donors (Lipinski definition) is 2. The lowest BCUT2D eigenvalue weighted by atomic mass is 10.3. The van der Waals surface area contributed by atoms with E-state index in [1.807, 2.05) is 0 Å². The summed E-state index contributed by atoms with van der Waals surface area (Å²) in [5.41, 5.74) is 5.52. The Morgan fingerprint density at radius 1 is 1.56 bits per heavy atom. The van der Waals surface area contributed by atoms with Crippen molar-refractivity contribution in [3.63, 3.8) is 0 Å². The van der Waals surface area contributed by atoms with E-state index in [1.165, 1.54) is 0 Å². The molecule has 3 unspecified atom stereocenters. The molecule has 1 aliphatic rings. The third-order valence-corrected chi connectivity index (χ3v) is 2.71. The van der Waals surface area contributed by atoms with Gasteiger partial charge in [0.25, 0.3) is 0 Å². The summed E-state index contributed by atoms with van der Waals surface area (Å²) in [5.74, 6) is 0. The van der Waals surface area contributed by atoms with Gasteiger partial charge < -0.3 is 10.3 Å². The van der Waals surface area contributed by atoms with E-state index in [0.717, 1.165) is 12.8 Å². The van der Waals surface area contributed by atoms with Crippen LogP contribution < -0.4 is 5.73 Å². The van der Waals surface area contributed by atoms with Crippen molar-refractivity contribution in [3.8, 4) is 0 Å². The molecule has 3 N–H and O–H groups in total. The van der Waals surface area contributed by atoms with Crippen molar-refractivity contribution in [1.29, 1.82) is 0 Å². The standard InChI is InChI=1S/C5H11NO2S/c6-4-1-2-5(3-4)9(7)8/h4-5H,1-3,6H2,(H,7,8). The average Bonchev–Trinajstić information content (AvgIpc) is 2.14. The molecule has 0 aromatic rings. The lowest BCUT2D eigenvalue weighted by Crippen LogP contribution is -2.17. The highest BCUT2D eigenvalue weighted by Crippen LogP contribution is 2.20. The summed E-state index contributed by atoms with van der Waals surface area (Å²) >= 11 is -1.64. The molecule has 3 atom stereocenters. The molecule has 0 heterocycles. The van der Waals surface area contributed by atoms with E-state index in [-0.39, 0.29) is 11.3 Å². The first kappa shape index (κ1) is 7.18. The van der Waals surface area contributed by atoms with Crippen LogP contribution in [-0.4, -0.2) is 20.1 Å². The summed E-state index contributed by atoms with van der Waals surface area (Å²) in [6.45, 7) is 0. The van der Waals surface area contributed by atoms with Gasteiger partial charge in [-0.3, -0.25) is 0 Å². The minimum absolute atomic E-state index is 0.0556. The minimum Gasteiger partial charge on any atom is -0.328 e. The van der Waals surface area contributed by atoms with Gasteiger partial charge in [0, 0.05) is 6.04 Å². The van der Waals surface area contributed by atoms with Crippen molar-refractivity contribution in [2.75, 3.05) is 0 Å². The minimum atomic E-state index is -1.64. The van der Waals surface area contributed by atoms with Crippen LogP contribution in [0.2, 0.25) is 0 Å². The third-order valence-electron chi connectivity index (χ3n) is 1.71. The van der Waals surface area contributed by atoms with E-state index in [0.29, 0.717) is 6.42 Å². The Bertz CT molecular complexity index is 128. The quantitative estimate of drug-likeness (QED) is 0.519. The molecule has 9 heavy (non-hydrogen) atoms. The van der Waals surface area contributed by atoms with Gasteiger partial charge in [-0.15, -0.1) is 0 Å². The second-order valence-electron chi connectivity index (χ2n) is 2.47. The van der Waals surface area contributed by atoms with Gasteiger partial charge in [0.05, 0.1) is 5.25 Å². The molecule has 0 aromatic heterocycles. The van der Waals surface area contributed by atoms with E-state index < -0.39 is 11.1 Å². The van der Waals surface area contributed by atoms with Gasteiger partial charge in [0.15, 0.2) is 11.1 Å². The van der Waals surface area contributed by atoms with Crippen LogP contribution in [0.15, 0.2) is 0 Å². The number of nitrogens with two attached hydrogens (primary N) is 1. The lowest BCUT2D eigenvalue weighted by Gasteiger charge is -2.01. The number of rotatable bonds is 1. The highest BCUT2D eigenvalue weighted by atomic mass is 32.2. The first-order chi connectivity index (χ1) is 4.20. The van der Waals surface area contributed by atoms with Gasteiger partial charge in [0.1, 0.15) is 0 Å². The Morgan fingerprint density at radius 3 is 2.44 bits per heavy atom. The fraction of sp³-hybridized carbons (Fsp3) is 1.00. The fourth-order valence-corrected chi connectivity index (χ4v) is 1.91. The molecule has 3 nitrogen and oxygen atoms in total. The molecule has 54 valence electrons. The first-order valence-corrected chi connectivity index (χ1v) is 4.22. The van der Waals surface area contributed by atoms with E-state index >= 15 is 0 Å². The molecule has 0 amide bonds. The summed E-state index contributed by atoms with van der Waals surface area (Å²) in [4.78, 5) is 0. The maximum atomic E-state index is 10.4. The van der Waals surface area contributed by atoms with Crippen LogP contribution in [0.4, 0.5) is 0 Å². The van der Waals surface area contributed by atoms with Gasteiger partial charge in [-0.2, -0.15) is 0 Å². The Labute approximate surface area is 56.9 Å². The van der Waals surface area contributed by atoms with Gasteiger partial charge in [-0.05, 0) is 19.3 Å². The number of hydrogen-bond acceptors (Lipinski definition) is 2. The summed E-state index contributed by atoms with van der Waals surface area (Å²) in [6.07, 6.45) is 2.42. The van der Waals surface area contributed by atoms with Gasteiger partial charge in [0.2, 0.25) is 0 Å². The molecule has 0 spiro atoms. The maximum absolute atomic E-state index is 10.4. The second kappa shape index (κ2) is 2.77. The molecule has 0 bridgehead atoms. The fourth-order valence-electron chi connectivity index (χ4n) is 1.16. The van der Waals surface area contributed by atoms with Crippen molar-refractivity contribution < 1.29 is 8.76 Å². The zero-order chi connectivity index (χ0) is 6.85. The highest BCUT2D eigenvalue weighted by molar-refractivity contribution is 7.79. The molecule has 1 rings (SSSR count). The monoisotopic (exact) mass is 149 g/mol. The molecule has 1 aliphatic carbocycles. The predicted molar refractivity (Wildman–Crippen MR) is 36.4 cm³/mol. The van der Waals surface area contributed by atoms with Crippen LogP contribution in [-0.2, 0) is 11.1 Å². The maximum Gasteiger partial charge on any atom is 0.156 e. The highest BCUT2D eigenvalue weighted by Gasteiger charge is 2.25. The van der Waals surface area contributed by atoms with Gasteiger partial charge in [-0.25, -0.2) is 4.21 Å². The summed E-state index contributed by atoms with van der Waals surface area (Å²) in [7, 11) is 0. The molecular weight excluding hydrogens is 138 g/mol. The molecule has 4 heteroatoms. The van der Waals surface area contributed by atoms with E-state index in [1.54, 1.807) is 0 Å². The summed E-state index contributed by atoms with van der Waals surface area (Å²) in [6, 6.07) is 0.158. The van der Waals surface area contributed by atoms with Gasteiger partial charge in [-0.1, -0.05) is 0 Å². The van der Waals surface area contributed by atoms with Crippen LogP contribution in [0.3, 0.4) is 0 Å². The van der Waals surface area contributed by atoms with E-state index in [9.17, 15) is 4.21 Å². The average molecular weight is 149 g/mol. The Morgan fingerprint density at radius 2 is 2.22 bits per heavy atom. The Kier molecular flexibility index (Phi) is 2.21. The molecule has 0 aliphatic heterocycles. The zero-order valence-electron chi connectivity index (χ0n) is 5.12. The van der Waals surface area contributed by atoms with Crippen LogP contribution in [0.5, 0.6) is 0 Å². The van der Waals surface area contributed by atoms with Crippen LogP contribution in [0.1, 0.15) is 19.3 Å². The second-order valence-corrected chi connectivity index (χ2v) is 3.69. The van der Waals surface area contributed by atoms with Crippen molar-refractivity contribution >= 4 is 11.1 Å². The van der Waals surface area contributed by atoms with Crippen LogP contribution >= 0.6 is 0 Å². The van der Waals surface area contributed by atoms with E-state index in [2.05, 4.69) is 0 Å². The summed E-state index contributed by atoms with van der Waals surface area (Å²) < 4.78 is 19.0. The Balaban J connectivity index is 2.39. The SMILES string of the molecule is NC1CCC(S(=O)O)C1. The van der Waals surface area contributed by atoms with E-state index in [4.69, 9.17) is 10.3 Å². The van der Waals surface area contributed by atoms with Crippen molar-refractivity contribution in [1.82, 2.24) is 0 Å². The predicted octanol–water partition coefficient (Wildman–Crippen LogP) is 0.0879. The molecule has 0 aromatic carbocycles. The molecule has 1 fully saturated rings. The normalized spacial score (nSPS) is 38.9. The van der Waals surface area contributed by atoms with Crippen LogP contribution in [0.25, 0.3) is 0 Å². The van der Waals surface area contributed by atoms with Crippen molar-refractivity contribution in [2.24, 2.45) is 5.73 Å². The topological polar surface area (TPSA) is 63.3 Å². The summed E-state index contributed by atoms with van der Waals surface area (Å²) in [5, 5.41) is -0.0556. The third kappa shape index (κ3) is 1.74. The molecule has 0 saturated heterocycles. The molecule has 0 radical (unpaired) electrons. The zero-order valence-corrected chi connectivity index (χ0v) is 5.93. The van der Waals surface area contributed by atoms with Crippen LogP contribution in [0, 0.1) is 0 Å². The molecular formula is C5H11NO2S. The molecule has 1 saturated carbocycles. The lowest BCUT2D eigenvalue weighted by molar-refractivity contribution is 0.546. The largest absolute Gasteiger partial charge is 0.328 e. The Hall–Kier alpha value is 0.0700. The van der Waals surface area contributed by atoms with Gasteiger partial charge >= 0.3 is 0 Å². The van der Waals surface area contributed by atoms with Crippen molar-refractivity contribution in [2.45, 2.75) is 30.6 Å². The smallest absolute Gasteiger partial charge is 0.156 e.